The second kappa shape index (κ2) is 8.68. The van der Waals surface area contributed by atoms with Gasteiger partial charge in [0.25, 0.3) is 0 Å². The topological polar surface area (TPSA) is 17.1 Å². The van der Waals surface area contributed by atoms with Crippen molar-refractivity contribution in [1.82, 2.24) is 0 Å². The first-order valence-corrected chi connectivity index (χ1v) is 7.97. The van der Waals surface area contributed by atoms with Gasteiger partial charge < -0.3 is 0 Å². The number of Topliss-reactive ketones (excluding diaryl/α,β-unsaturated/α-hetero) is 1. The van der Waals surface area contributed by atoms with Crippen molar-refractivity contribution >= 4 is 5.78 Å². The summed E-state index contributed by atoms with van der Waals surface area (Å²) >= 11 is 0. The molecule has 0 heterocycles. The molecule has 0 aliphatic heterocycles. The fraction of sp³-hybridized carbons (Fsp3) is 0.526. The predicted octanol–water partition coefficient (Wildman–Crippen LogP) is 5.29. The molecule has 0 saturated carbocycles. The average Bonchev–Trinajstić information content (AvgIpc) is 2.50. The number of ketones is 1. The Hall–Kier alpha value is -1.69. The van der Waals surface area contributed by atoms with Gasteiger partial charge in [0.2, 0.25) is 0 Å². The number of hydrogen-bond donors (Lipinski definition) is 0. The van der Waals surface area contributed by atoms with E-state index in [-0.39, 0.29) is 5.78 Å². The van der Waals surface area contributed by atoms with Crippen molar-refractivity contribution in [2.24, 2.45) is 5.92 Å². The molecule has 0 amide bonds. The molecule has 0 N–H and O–H groups in total. The van der Waals surface area contributed by atoms with E-state index in [1.807, 2.05) is 13.8 Å². The summed E-state index contributed by atoms with van der Waals surface area (Å²) in [5, 5.41) is 0. The molecule has 0 aromatic heterocycles. The number of carbonyl (C=O) groups is 1. The zero-order chi connectivity index (χ0) is 16.6. The van der Waals surface area contributed by atoms with Gasteiger partial charge in [0.05, 0.1) is 0 Å². The van der Waals surface area contributed by atoms with Crippen LogP contribution >= 0.6 is 0 Å². The Morgan fingerprint density at radius 2 is 1.86 bits per heavy atom. The van der Waals surface area contributed by atoms with E-state index in [4.69, 9.17) is 0 Å². The van der Waals surface area contributed by atoms with Crippen LogP contribution in [-0.2, 0) is 6.42 Å². The lowest BCUT2D eigenvalue weighted by molar-refractivity contribution is -0.00443. The summed E-state index contributed by atoms with van der Waals surface area (Å²) in [4.78, 5) is 11.2. The van der Waals surface area contributed by atoms with E-state index in [2.05, 4.69) is 11.8 Å². The molecule has 120 valence electrons. The van der Waals surface area contributed by atoms with Crippen LogP contribution in [-0.4, -0.2) is 11.7 Å². The van der Waals surface area contributed by atoms with E-state index in [1.165, 1.54) is 6.92 Å². The van der Waals surface area contributed by atoms with Crippen molar-refractivity contribution in [3.8, 4) is 11.8 Å². The van der Waals surface area contributed by atoms with Crippen molar-refractivity contribution < 1.29 is 13.6 Å². The minimum atomic E-state index is -2.92. The van der Waals surface area contributed by atoms with Crippen LogP contribution in [0.5, 0.6) is 0 Å². The quantitative estimate of drug-likeness (QED) is 0.548. The van der Waals surface area contributed by atoms with E-state index >= 15 is 0 Å². The second-order valence-electron chi connectivity index (χ2n) is 5.32. The molecule has 1 aliphatic carbocycles. The molecule has 1 atom stereocenters. The highest BCUT2D eigenvalue weighted by atomic mass is 19.3. The Morgan fingerprint density at radius 3 is 2.45 bits per heavy atom. The van der Waals surface area contributed by atoms with E-state index < -0.39 is 11.8 Å². The molecule has 1 unspecified atom stereocenters. The third-order valence-corrected chi connectivity index (χ3v) is 3.71. The maximum atomic E-state index is 14.0. The monoisotopic (exact) mass is 306 g/mol. The molecule has 1 nitrogen and oxygen atoms in total. The van der Waals surface area contributed by atoms with E-state index in [0.717, 1.165) is 18.4 Å². The van der Waals surface area contributed by atoms with Crippen LogP contribution in [0.2, 0.25) is 0 Å². The van der Waals surface area contributed by atoms with Gasteiger partial charge in [0, 0.05) is 17.9 Å². The van der Waals surface area contributed by atoms with Crippen LogP contribution < -0.4 is 0 Å². The summed E-state index contributed by atoms with van der Waals surface area (Å²) in [5.74, 6) is 1.03. The molecule has 0 fully saturated rings. The number of hydrogen-bond acceptors (Lipinski definition) is 1. The molecule has 1 aromatic carbocycles. The van der Waals surface area contributed by atoms with Crippen LogP contribution in [0.15, 0.2) is 24.3 Å². The molecule has 22 heavy (non-hydrogen) atoms. The van der Waals surface area contributed by atoms with Crippen LogP contribution in [0, 0.1) is 17.8 Å². The lowest BCUT2D eigenvalue weighted by Gasteiger charge is -2.24. The molecule has 0 radical (unpaired) electrons. The summed E-state index contributed by atoms with van der Waals surface area (Å²) in [6.45, 7) is 5.49. The summed E-state index contributed by atoms with van der Waals surface area (Å²) in [6, 6.07) is 6.92. The normalized spacial score (nSPS) is 19.6. The SMILES string of the molecule is CC.CC(=O)c1ccc(CC2CCCCC#CC2(F)F)cc1. The number of rotatable bonds is 3. The number of benzene rings is 1. The molecule has 3 heteroatoms. The van der Waals surface area contributed by atoms with E-state index in [0.29, 0.717) is 24.8 Å². The Bertz CT molecular complexity index is 535. The zero-order valence-corrected chi connectivity index (χ0v) is 13.6. The molecular formula is C19H24F2O. The maximum Gasteiger partial charge on any atom is 0.311 e. The van der Waals surface area contributed by atoms with Gasteiger partial charge in [-0.25, -0.2) is 0 Å². The van der Waals surface area contributed by atoms with Crippen molar-refractivity contribution in [1.29, 1.82) is 0 Å². The maximum absolute atomic E-state index is 14.0. The molecule has 1 aromatic rings. The first kappa shape index (κ1) is 18.4. The van der Waals surface area contributed by atoms with Crippen molar-refractivity contribution in [2.45, 2.75) is 58.8 Å². The Morgan fingerprint density at radius 1 is 1.23 bits per heavy atom. The third-order valence-electron chi connectivity index (χ3n) is 3.71. The van der Waals surface area contributed by atoms with Crippen LogP contribution in [0.25, 0.3) is 0 Å². The van der Waals surface area contributed by atoms with E-state index in [1.54, 1.807) is 24.3 Å². The molecule has 2 rings (SSSR count). The number of alkyl halides is 2. The smallest absolute Gasteiger partial charge is 0.295 e. The summed E-state index contributed by atoms with van der Waals surface area (Å²) in [6.07, 6.45) is 3.05. The third kappa shape index (κ3) is 5.26. The predicted molar refractivity (Wildman–Crippen MR) is 86.2 cm³/mol. The lowest BCUT2D eigenvalue weighted by atomic mass is 9.87. The first-order chi connectivity index (χ1) is 10.5. The standard InChI is InChI=1S/C17H18F2O.C2H6/c1-13(20)15-9-7-14(8-10-15)12-16-6-4-2-3-5-11-17(16,18)19;1-2/h7-10,16H,2-4,6,12H2,1H3;1-2H3. The fourth-order valence-corrected chi connectivity index (χ4v) is 2.46. The van der Waals surface area contributed by atoms with Crippen LogP contribution in [0.3, 0.4) is 0 Å². The summed E-state index contributed by atoms with van der Waals surface area (Å²) < 4.78 is 27.9. The number of carbonyl (C=O) groups excluding carboxylic acids is 1. The Labute approximate surface area is 132 Å². The number of halogens is 2. The van der Waals surface area contributed by atoms with Gasteiger partial charge in [-0.05, 0) is 37.7 Å². The molecule has 0 bridgehead atoms. The minimum absolute atomic E-state index is 0.0151. The van der Waals surface area contributed by atoms with Gasteiger partial charge in [-0.3, -0.25) is 4.79 Å². The van der Waals surface area contributed by atoms with Gasteiger partial charge in [0.15, 0.2) is 5.78 Å². The molecule has 0 saturated heterocycles. The molecular weight excluding hydrogens is 282 g/mol. The van der Waals surface area contributed by atoms with Gasteiger partial charge >= 0.3 is 5.92 Å². The van der Waals surface area contributed by atoms with Crippen molar-refractivity contribution in [3.05, 3.63) is 35.4 Å². The molecule has 0 spiro atoms. The zero-order valence-electron chi connectivity index (χ0n) is 13.6. The Balaban J connectivity index is 0.00000116. The lowest BCUT2D eigenvalue weighted by Crippen LogP contribution is -2.29. The summed E-state index contributed by atoms with van der Waals surface area (Å²) in [5.41, 5.74) is 1.44. The first-order valence-electron chi connectivity index (χ1n) is 7.97. The highest BCUT2D eigenvalue weighted by Gasteiger charge is 2.37. The highest BCUT2D eigenvalue weighted by Crippen LogP contribution is 2.32. The van der Waals surface area contributed by atoms with Gasteiger partial charge in [0.1, 0.15) is 0 Å². The molecule has 1 aliphatic rings. The van der Waals surface area contributed by atoms with Crippen LogP contribution in [0.4, 0.5) is 8.78 Å². The van der Waals surface area contributed by atoms with Gasteiger partial charge in [-0.1, -0.05) is 50.5 Å². The van der Waals surface area contributed by atoms with Crippen LogP contribution in [0.1, 0.15) is 62.4 Å². The minimum Gasteiger partial charge on any atom is -0.295 e. The van der Waals surface area contributed by atoms with Crippen molar-refractivity contribution in [3.63, 3.8) is 0 Å². The largest absolute Gasteiger partial charge is 0.311 e. The summed E-state index contributed by atoms with van der Waals surface area (Å²) in [7, 11) is 0. The average molecular weight is 306 g/mol. The fourth-order valence-electron chi connectivity index (χ4n) is 2.46. The second-order valence-corrected chi connectivity index (χ2v) is 5.32. The van der Waals surface area contributed by atoms with Crippen molar-refractivity contribution in [2.75, 3.05) is 0 Å². The highest BCUT2D eigenvalue weighted by molar-refractivity contribution is 5.93. The van der Waals surface area contributed by atoms with Gasteiger partial charge in [-0.2, -0.15) is 8.78 Å². The van der Waals surface area contributed by atoms with E-state index in [9.17, 15) is 13.6 Å². The van der Waals surface area contributed by atoms with Gasteiger partial charge in [-0.15, -0.1) is 0 Å². The Kier molecular flexibility index (Phi) is 7.24.